The Balaban J connectivity index is 2.25. The molecule has 2 aromatic rings. The predicted octanol–water partition coefficient (Wildman–Crippen LogP) is 1.51. The minimum absolute atomic E-state index is 0.0489. The van der Waals surface area contributed by atoms with Crippen LogP contribution in [0.4, 0.5) is 8.78 Å². The average molecular weight is 315 g/mol. The van der Waals surface area contributed by atoms with Crippen molar-refractivity contribution in [2.45, 2.75) is 6.54 Å². The highest BCUT2D eigenvalue weighted by Gasteiger charge is 2.06. The van der Waals surface area contributed by atoms with E-state index in [1.54, 1.807) is 24.3 Å². The number of aromatic nitrogens is 2. The lowest BCUT2D eigenvalue weighted by Crippen LogP contribution is -2.16. The van der Waals surface area contributed by atoms with Gasteiger partial charge in [-0.05, 0) is 6.07 Å². The molecule has 0 amide bonds. The van der Waals surface area contributed by atoms with E-state index in [0.29, 0.717) is 5.56 Å². The zero-order chi connectivity index (χ0) is 16.8. The Kier molecular flexibility index (Phi) is 4.94. The zero-order valence-electron chi connectivity index (χ0n) is 11.8. The molecule has 1 aromatic heterocycles. The van der Waals surface area contributed by atoms with Crippen molar-refractivity contribution in [1.29, 1.82) is 5.26 Å². The van der Waals surface area contributed by atoms with Gasteiger partial charge >= 0.3 is 0 Å². The Morgan fingerprint density at radius 1 is 1.39 bits per heavy atom. The molecule has 1 aromatic carbocycles. The van der Waals surface area contributed by atoms with Crippen LogP contribution in [0.25, 0.3) is 5.70 Å². The Hall–Kier alpha value is -3.34. The number of nitriles is 1. The molecule has 0 fully saturated rings. The van der Waals surface area contributed by atoms with Gasteiger partial charge in [-0.1, -0.05) is 18.2 Å². The van der Waals surface area contributed by atoms with Crippen molar-refractivity contribution in [3.05, 3.63) is 69.9 Å². The van der Waals surface area contributed by atoms with Crippen molar-refractivity contribution < 1.29 is 8.78 Å². The van der Waals surface area contributed by atoms with E-state index >= 15 is 0 Å². The molecule has 0 aliphatic carbocycles. The molecule has 23 heavy (non-hydrogen) atoms. The molecule has 0 aliphatic rings. The fourth-order valence-electron chi connectivity index (χ4n) is 1.65. The third-order valence-electron chi connectivity index (χ3n) is 2.81. The number of hydrogen-bond donors (Lipinski definition) is 2. The van der Waals surface area contributed by atoms with E-state index in [2.05, 4.69) is 15.0 Å². The Bertz CT molecular complexity index is 880. The van der Waals surface area contributed by atoms with Gasteiger partial charge in [0.15, 0.2) is 5.82 Å². The number of nitrogens with zero attached hydrogens (tertiary/aromatic N) is 3. The Labute approximate surface area is 129 Å². The molecule has 0 atom stereocenters. The second kappa shape index (κ2) is 7.09. The van der Waals surface area contributed by atoms with Crippen LogP contribution in [0.2, 0.25) is 0 Å². The number of rotatable bonds is 4. The van der Waals surface area contributed by atoms with Gasteiger partial charge in [0.25, 0.3) is 5.56 Å². The molecule has 3 N–H and O–H groups in total. The second-order valence-corrected chi connectivity index (χ2v) is 4.41. The second-order valence-electron chi connectivity index (χ2n) is 4.41. The summed E-state index contributed by atoms with van der Waals surface area (Å²) >= 11 is 0. The van der Waals surface area contributed by atoms with Crippen LogP contribution < -0.4 is 11.3 Å². The number of halogens is 2. The normalized spacial score (nSPS) is 12.0. The van der Waals surface area contributed by atoms with Crippen LogP contribution >= 0.6 is 0 Å². The van der Waals surface area contributed by atoms with Crippen molar-refractivity contribution in [2.24, 2.45) is 10.7 Å². The molecule has 0 aliphatic heterocycles. The molecule has 8 heteroatoms. The summed E-state index contributed by atoms with van der Waals surface area (Å²) in [7, 11) is 0. The predicted molar refractivity (Wildman–Crippen MR) is 80.1 cm³/mol. The fraction of sp³-hybridized carbons (Fsp3) is 0.0667. The van der Waals surface area contributed by atoms with Gasteiger partial charge in [-0.25, -0.2) is 9.37 Å². The van der Waals surface area contributed by atoms with E-state index in [4.69, 9.17) is 11.0 Å². The summed E-state index contributed by atoms with van der Waals surface area (Å²) in [4.78, 5) is 20.8. The molecule has 0 spiro atoms. The molecule has 1 heterocycles. The van der Waals surface area contributed by atoms with Gasteiger partial charge in [-0.2, -0.15) is 9.65 Å². The lowest BCUT2D eigenvalue weighted by Gasteiger charge is -2.01. The van der Waals surface area contributed by atoms with Crippen LogP contribution in [0.1, 0.15) is 11.4 Å². The highest BCUT2D eigenvalue weighted by molar-refractivity contribution is 6.10. The number of aliphatic imine (C=N–C) groups is 1. The molecule has 2 rings (SSSR count). The van der Waals surface area contributed by atoms with Crippen LogP contribution in [0.15, 0.2) is 46.3 Å². The van der Waals surface area contributed by atoms with Crippen molar-refractivity contribution >= 4 is 11.4 Å². The molecule has 0 saturated heterocycles. The molecular weight excluding hydrogens is 304 g/mol. The third-order valence-corrected chi connectivity index (χ3v) is 2.81. The highest BCUT2D eigenvalue weighted by atomic mass is 19.1. The largest absolute Gasteiger partial charge is 0.396 e. The molecule has 0 radical (unpaired) electrons. The van der Waals surface area contributed by atoms with Crippen molar-refractivity contribution in [1.82, 2.24) is 9.97 Å². The summed E-state index contributed by atoms with van der Waals surface area (Å²) in [5.74, 6) is -1.57. The first kappa shape index (κ1) is 16.0. The van der Waals surface area contributed by atoms with Gasteiger partial charge in [-0.15, -0.1) is 0 Å². The van der Waals surface area contributed by atoms with E-state index in [-0.39, 0.29) is 23.8 Å². The van der Waals surface area contributed by atoms with Crippen LogP contribution in [-0.4, -0.2) is 15.7 Å². The summed E-state index contributed by atoms with van der Waals surface area (Å²) in [5.41, 5.74) is 4.87. The molecular formula is C15H11F2N5O. The van der Waals surface area contributed by atoms with E-state index in [1.807, 2.05) is 0 Å². The van der Waals surface area contributed by atoms with Crippen LogP contribution in [-0.2, 0) is 6.54 Å². The monoisotopic (exact) mass is 315 g/mol. The maximum atomic E-state index is 13.5. The zero-order valence-corrected chi connectivity index (χ0v) is 11.8. The van der Waals surface area contributed by atoms with Crippen molar-refractivity contribution in [2.75, 3.05) is 0 Å². The lowest BCUT2D eigenvalue weighted by molar-refractivity contribution is 0.599. The maximum absolute atomic E-state index is 13.5. The van der Waals surface area contributed by atoms with Gasteiger partial charge < -0.3 is 10.7 Å². The minimum atomic E-state index is -1.05. The van der Waals surface area contributed by atoms with Gasteiger partial charge in [-0.3, -0.25) is 9.79 Å². The summed E-state index contributed by atoms with van der Waals surface area (Å²) in [6, 6.07) is 7.82. The van der Waals surface area contributed by atoms with E-state index in [0.717, 1.165) is 12.3 Å². The smallest absolute Gasteiger partial charge is 0.287 e. The number of benzene rings is 1. The SMILES string of the molecule is N#CC(/C=C(\N)c1ncc(F)c(=O)[nH]1)=NCc1ccccc1F. The molecule has 0 unspecified atom stereocenters. The number of hydrogen-bond acceptors (Lipinski definition) is 5. The first-order valence-electron chi connectivity index (χ1n) is 6.41. The fourth-order valence-corrected chi connectivity index (χ4v) is 1.65. The number of aromatic amines is 1. The Morgan fingerprint density at radius 2 is 2.13 bits per heavy atom. The quantitative estimate of drug-likeness (QED) is 0.834. The van der Waals surface area contributed by atoms with E-state index in [9.17, 15) is 13.6 Å². The minimum Gasteiger partial charge on any atom is -0.396 e. The van der Waals surface area contributed by atoms with Crippen LogP contribution in [0.3, 0.4) is 0 Å². The average Bonchev–Trinajstić information content (AvgIpc) is 2.55. The molecule has 6 nitrogen and oxygen atoms in total. The highest BCUT2D eigenvalue weighted by Crippen LogP contribution is 2.08. The summed E-state index contributed by atoms with van der Waals surface area (Å²) in [5, 5.41) is 9.04. The van der Waals surface area contributed by atoms with Gasteiger partial charge in [0.05, 0.1) is 18.4 Å². The maximum Gasteiger partial charge on any atom is 0.287 e. The van der Waals surface area contributed by atoms with Gasteiger partial charge in [0, 0.05) is 11.6 Å². The first-order chi connectivity index (χ1) is 11.0. The topological polar surface area (TPSA) is 108 Å². The van der Waals surface area contributed by atoms with Crippen LogP contribution in [0, 0.1) is 23.0 Å². The molecule has 0 saturated carbocycles. The van der Waals surface area contributed by atoms with Crippen LogP contribution in [0.5, 0.6) is 0 Å². The summed E-state index contributed by atoms with van der Waals surface area (Å²) in [6.07, 6.45) is 1.88. The number of nitrogens with one attached hydrogen (secondary N) is 1. The number of allylic oxidation sites excluding steroid dienone is 1. The number of H-pyrrole nitrogens is 1. The van der Waals surface area contributed by atoms with Gasteiger partial charge in [0.1, 0.15) is 17.6 Å². The number of nitrogens with two attached hydrogens (primary N) is 1. The standard InChI is InChI=1S/C15H11F2N5O/c16-11-4-2-1-3-9(11)7-20-10(6-18)5-13(19)14-21-8-12(17)15(23)22-14/h1-5,8H,7,19H2,(H,21,22,23)/b13-5-,20-10?. The summed E-state index contributed by atoms with van der Waals surface area (Å²) < 4.78 is 26.3. The molecule has 0 bridgehead atoms. The van der Waals surface area contributed by atoms with E-state index in [1.165, 1.54) is 6.07 Å². The Morgan fingerprint density at radius 3 is 2.78 bits per heavy atom. The molecule has 116 valence electrons. The first-order valence-corrected chi connectivity index (χ1v) is 6.41. The lowest BCUT2D eigenvalue weighted by atomic mass is 10.2. The van der Waals surface area contributed by atoms with Crippen molar-refractivity contribution in [3.8, 4) is 6.07 Å². The van der Waals surface area contributed by atoms with E-state index < -0.39 is 17.2 Å². The van der Waals surface area contributed by atoms with Gasteiger partial charge in [0.2, 0.25) is 5.82 Å². The third kappa shape index (κ3) is 4.07. The summed E-state index contributed by atoms with van der Waals surface area (Å²) in [6.45, 7) is -0.0489. The van der Waals surface area contributed by atoms with Crippen molar-refractivity contribution in [3.63, 3.8) is 0 Å².